The Kier molecular flexibility index (Phi) is 6.93. The summed E-state index contributed by atoms with van der Waals surface area (Å²) >= 11 is 6.11. The van der Waals surface area contributed by atoms with E-state index in [2.05, 4.69) is 10.2 Å². The number of carbonyl (C=O) groups excluding carboxylic acids is 1. The van der Waals surface area contributed by atoms with E-state index < -0.39 is 16.1 Å². The molecule has 30 heavy (non-hydrogen) atoms. The zero-order valence-corrected chi connectivity index (χ0v) is 19.1. The lowest BCUT2D eigenvalue weighted by atomic mass is 10.1. The maximum absolute atomic E-state index is 13.1. The van der Waals surface area contributed by atoms with E-state index in [1.54, 1.807) is 32.0 Å². The van der Waals surface area contributed by atoms with Crippen molar-refractivity contribution in [3.05, 3.63) is 53.1 Å². The van der Waals surface area contributed by atoms with Crippen molar-refractivity contribution in [2.24, 2.45) is 0 Å². The Hall–Kier alpha value is -2.25. The summed E-state index contributed by atoms with van der Waals surface area (Å²) in [5, 5.41) is 3.28. The van der Waals surface area contributed by atoms with Gasteiger partial charge in [-0.1, -0.05) is 24.6 Å². The highest BCUT2D eigenvalue weighted by Gasteiger charge is 2.32. The summed E-state index contributed by atoms with van der Waals surface area (Å²) in [6.45, 7) is 5.68. The molecule has 162 valence electrons. The largest absolute Gasteiger partial charge is 0.372 e. The van der Waals surface area contributed by atoms with E-state index in [1.165, 1.54) is 17.1 Å². The molecule has 1 fully saturated rings. The Balaban J connectivity index is 1.84. The van der Waals surface area contributed by atoms with Crippen LogP contribution >= 0.6 is 11.6 Å². The highest BCUT2D eigenvalue weighted by molar-refractivity contribution is 7.92. The average molecular weight is 450 g/mol. The Morgan fingerprint density at radius 3 is 2.37 bits per heavy atom. The lowest BCUT2D eigenvalue weighted by Crippen LogP contribution is -2.47. The molecule has 3 rings (SSSR count). The molecule has 0 bridgehead atoms. The van der Waals surface area contributed by atoms with Crippen molar-refractivity contribution >= 4 is 44.6 Å². The standard InChI is InChI=1S/C22H28ClN3O3S/c1-4-20(26(30(3,28)29)21-15-17(23)8-7-16(21)2)22(27)24-18-9-11-19(12-10-18)25-13-5-6-14-25/h7-12,15,20H,4-6,13-14H2,1-3H3,(H,24,27). The highest BCUT2D eigenvalue weighted by Crippen LogP contribution is 2.30. The first-order chi connectivity index (χ1) is 14.2. The van der Waals surface area contributed by atoms with Crippen LogP contribution in [0.1, 0.15) is 31.7 Å². The minimum atomic E-state index is -3.72. The summed E-state index contributed by atoms with van der Waals surface area (Å²) in [6, 6.07) is 11.8. The van der Waals surface area contributed by atoms with Crippen LogP contribution in [-0.2, 0) is 14.8 Å². The van der Waals surface area contributed by atoms with Gasteiger partial charge in [0, 0.05) is 29.5 Å². The molecule has 0 aliphatic carbocycles. The minimum absolute atomic E-state index is 0.316. The molecule has 0 radical (unpaired) electrons. The van der Waals surface area contributed by atoms with E-state index in [0.29, 0.717) is 22.8 Å². The number of amides is 1. The third kappa shape index (κ3) is 5.08. The maximum atomic E-state index is 13.1. The van der Waals surface area contributed by atoms with Gasteiger partial charge in [-0.3, -0.25) is 9.10 Å². The molecule has 0 spiro atoms. The first kappa shape index (κ1) is 22.4. The van der Waals surface area contributed by atoms with Crippen molar-refractivity contribution in [2.45, 2.75) is 39.2 Å². The minimum Gasteiger partial charge on any atom is -0.372 e. The molecule has 2 aromatic rings. The Labute approximate surface area is 183 Å². The lowest BCUT2D eigenvalue weighted by Gasteiger charge is -2.31. The molecule has 1 heterocycles. The second kappa shape index (κ2) is 9.27. The molecule has 1 N–H and O–H groups in total. The molecule has 1 unspecified atom stereocenters. The van der Waals surface area contributed by atoms with Crippen LogP contribution in [0.15, 0.2) is 42.5 Å². The summed E-state index contributed by atoms with van der Waals surface area (Å²) in [5.41, 5.74) is 2.91. The summed E-state index contributed by atoms with van der Waals surface area (Å²) in [7, 11) is -3.72. The molecule has 8 heteroatoms. The Bertz CT molecular complexity index is 1000. The number of aryl methyl sites for hydroxylation is 1. The first-order valence-electron chi connectivity index (χ1n) is 10.1. The van der Waals surface area contributed by atoms with E-state index in [0.717, 1.165) is 30.6 Å². The van der Waals surface area contributed by atoms with Gasteiger partial charge in [0.05, 0.1) is 11.9 Å². The lowest BCUT2D eigenvalue weighted by molar-refractivity contribution is -0.117. The molecule has 1 aliphatic rings. The number of nitrogens with one attached hydrogen (secondary N) is 1. The smallest absolute Gasteiger partial charge is 0.248 e. The van der Waals surface area contributed by atoms with Gasteiger partial charge in [-0.2, -0.15) is 0 Å². The van der Waals surface area contributed by atoms with Gasteiger partial charge in [0.15, 0.2) is 0 Å². The van der Waals surface area contributed by atoms with Crippen LogP contribution in [0.5, 0.6) is 0 Å². The Morgan fingerprint density at radius 2 is 1.80 bits per heavy atom. The van der Waals surface area contributed by atoms with Crippen molar-refractivity contribution in [3.8, 4) is 0 Å². The van der Waals surface area contributed by atoms with Gasteiger partial charge < -0.3 is 10.2 Å². The van der Waals surface area contributed by atoms with Crippen LogP contribution in [0.2, 0.25) is 5.02 Å². The molecule has 0 aromatic heterocycles. The van der Waals surface area contributed by atoms with E-state index >= 15 is 0 Å². The number of hydrogen-bond acceptors (Lipinski definition) is 4. The summed E-state index contributed by atoms with van der Waals surface area (Å²) in [4.78, 5) is 15.4. The molecule has 1 atom stereocenters. The van der Waals surface area contributed by atoms with Crippen molar-refractivity contribution in [1.82, 2.24) is 0 Å². The predicted molar refractivity (Wildman–Crippen MR) is 124 cm³/mol. The molecule has 2 aromatic carbocycles. The average Bonchev–Trinajstić information content (AvgIpc) is 3.22. The molecule has 0 saturated carbocycles. The summed E-state index contributed by atoms with van der Waals surface area (Å²) in [5.74, 6) is -0.378. The van der Waals surface area contributed by atoms with Gasteiger partial charge in [0.25, 0.3) is 0 Å². The number of rotatable bonds is 7. The zero-order valence-electron chi connectivity index (χ0n) is 17.6. The van der Waals surface area contributed by atoms with Crippen LogP contribution in [0.4, 0.5) is 17.1 Å². The van der Waals surface area contributed by atoms with Crippen molar-refractivity contribution < 1.29 is 13.2 Å². The molecule has 1 saturated heterocycles. The maximum Gasteiger partial charge on any atom is 0.248 e. The molecule has 1 amide bonds. The van der Waals surface area contributed by atoms with Crippen LogP contribution in [0, 0.1) is 6.92 Å². The van der Waals surface area contributed by atoms with Gasteiger partial charge in [-0.05, 0) is 68.1 Å². The Morgan fingerprint density at radius 1 is 1.17 bits per heavy atom. The van der Waals surface area contributed by atoms with Crippen LogP contribution in [0.25, 0.3) is 0 Å². The normalized spacial score (nSPS) is 15.1. The molecule has 1 aliphatic heterocycles. The van der Waals surface area contributed by atoms with Crippen LogP contribution in [-0.4, -0.2) is 39.7 Å². The third-order valence-corrected chi connectivity index (χ3v) is 6.75. The number of sulfonamides is 1. The second-order valence-electron chi connectivity index (χ2n) is 7.64. The number of benzene rings is 2. The fourth-order valence-electron chi connectivity index (χ4n) is 3.81. The third-order valence-electron chi connectivity index (χ3n) is 5.34. The SMILES string of the molecule is CCC(C(=O)Nc1ccc(N2CCCC2)cc1)N(c1cc(Cl)ccc1C)S(C)(=O)=O. The van der Waals surface area contributed by atoms with Crippen molar-refractivity contribution in [2.75, 3.05) is 33.9 Å². The number of nitrogens with zero attached hydrogens (tertiary/aromatic N) is 2. The van der Waals surface area contributed by atoms with Crippen molar-refractivity contribution in [1.29, 1.82) is 0 Å². The van der Waals surface area contributed by atoms with Gasteiger partial charge in [0.1, 0.15) is 6.04 Å². The van der Waals surface area contributed by atoms with Gasteiger partial charge in [-0.25, -0.2) is 8.42 Å². The molecular formula is C22H28ClN3O3S. The monoisotopic (exact) mass is 449 g/mol. The van der Waals surface area contributed by atoms with E-state index in [4.69, 9.17) is 11.6 Å². The highest BCUT2D eigenvalue weighted by atomic mass is 35.5. The van der Waals surface area contributed by atoms with Gasteiger partial charge in [0.2, 0.25) is 15.9 Å². The van der Waals surface area contributed by atoms with Gasteiger partial charge in [-0.15, -0.1) is 0 Å². The first-order valence-corrected chi connectivity index (χ1v) is 12.3. The fourth-order valence-corrected chi connectivity index (χ4v) is 5.24. The number of carbonyl (C=O) groups is 1. The molecular weight excluding hydrogens is 422 g/mol. The second-order valence-corrected chi connectivity index (χ2v) is 9.94. The van der Waals surface area contributed by atoms with Crippen LogP contribution < -0.4 is 14.5 Å². The fraction of sp³-hybridized carbons (Fsp3) is 0.409. The number of hydrogen-bond donors (Lipinski definition) is 1. The summed E-state index contributed by atoms with van der Waals surface area (Å²) in [6.07, 6.45) is 3.81. The van der Waals surface area contributed by atoms with E-state index in [-0.39, 0.29) is 5.91 Å². The summed E-state index contributed by atoms with van der Waals surface area (Å²) < 4.78 is 26.5. The zero-order chi connectivity index (χ0) is 21.9. The van der Waals surface area contributed by atoms with E-state index in [9.17, 15) is 13.2 Å². The van der Waals surface area contributed by atoms with Crippen molar-refractivity contribution in [3.63, 3.8) is 0 Å². The van der Waals surface area contributed by atoms with Crippen LogP contribution in [0.3, 0.4) is 0 Å². The van der Waals surface area contributed by atoms with Gasteiger partial charge >= 0.3 is 0 Å². The topological polar surface area (TPSA) is 69.7 Å². The molecule has 6 nitrogen and oxygen atoms in total. The number of halogens is 1. The number of anilines is 3. The van der Waals surface area contributed by atoms with E-state index in [1.807, 2.05) is 24.3 Å². The quantitative estimate of drug-likeness (QED) is 0.678. The predicted octanol–water partition coefficient (Wildman–Crippen LogP) is 4.43.